The summed E-state index contributed by atoms with van der Waals surface area (Å²) < 4.78 is 18.7. The molecule has 0 spiro atoms. The van der Waals surface area contributed by atoms with Crippen molar-refractivity contribution in [2.24, 2.45) is 0 Å². The van der Waals surface area contributed by atoms with Gasteiger partial charge >= 0.3 is 5.97 Å². The number of carbonyl (C=O) groups excluding carboxylic acids is 3. The van der Waals surface area contributed by atoms with E-state index >= 15 is 0 Å². The maximum absolute atomic E-state index is 14.0. The van der Waals surface area contributed by atoms with Crippen LogP contribution in [0.4, 0.5) is 10.1 Å². The number of hydrogen-bond donors (Lipinski definition) is 1. The minimum absolute atomic E-state index is 0.0817. The van der Waals surface area contributed by atoms with Crippen molar-refractivity contribution < 1.29 is 23.5 Å². The first kappa shape index (κ1) is 25.3. The second-order valence-corrected chi connectivity index (χ2v) is 8.95. The first-order chi connectivity index (χ1) is 17.3. The van der Waals surface area contributed by atoms with Crippen molar-refractivity contribution in [1.29, 1.82) is 0 Å². The fraction of sp³-hybridized carbons (Fsp3) is 0.259. The molecule has 3 aromatic rings. The quantitative estimate of drug-likeness (QED) is 0.378. The van der Waals surface area contributed by atoms with Crippen LogP contribution in [0.2, 0.25) is 5.15 Å². The Labute approximate surface area is 213 Å². The second-order valence-electron chi connectivity index (χ2n) is 8.57. The summed E-state index contributed by atoms with van der Waals surface area (Å²) in [7, 11) is 1.32. The molecule has 36 heavy (non-hydrogen) atoms. The molecule has 0 saturated carbocycles. The number of amides is 2. The minimum Gasteiger partial charge on any atom is -0.465 e. The Morgan fingerprint density at radius 3 is 2.33 bits per heavy atom. The van der Waals surface area contributed by atoms with Gasteiger partial charge in [0.2, 0.25) is 5.91 Å². The zero-order valence-corrected chi connectivity index (χ0v) is 20.4. The Kier molecular flexibility index (Phi) is 7.95. The molecule has 7 nitrogen and oxygen atoms in total. The summed E-state index contributed by atoms with van der Waals surface area (Å²) in [5.74, 6) is -1.46. The van der Waals surface area contributed by atoms with Crippen LogP contribution in [0, 0.1) is 5.82 Å². The summed E-state index contributed by atoms with van der Waals surface area (Å²) in [4.78, 5) is 42.0. The molecule has 1 aromatic heterocycles. The van der Waals surface area contributed by atoms with Gasteiger partial charge in [-0.1, -0.05) is 35.9 Å². The van der Waals surface area contributed by atoms with Gasteiger partial charge in [-0.05, 0) is 66.3 Å². The number of ether oxygens (including phenoxy) is 1. The van der Waals surface area contributed by atoms with Gasteiger partial charge in [-0.2, -0.15) is 0 Å². The molecular formula is C27H25ClFN3O4. The highest BCUT2D eigenvalue weighted by molar-refractivity contribution is 6.29. The average molecular weight is 510 g/mol. The lowest BCUT2D eigenvalue weighted by Gasteiger charge is -2.32. The highest BCUT2D eigenvalue weighted by Gasteiger charge is 2.27. The van der Waals surface area contributed by atoms with Crippen LogP contribution < -0.4 is 5.32 Å². The molecule has 186 valence electrons. The molecule has 2 amide bonds. The molecule has 0 aliphatic carbocycles. The summed E-state index contributed by atoms with van der Waals surface area (Å²) in [6.45, 7) is 0.981. The largest absolute Gasteiger partial charge is 0.465 e. The maximum atomic E-state index is 14.0. The van der Waals surface area contributed by atoms with Crippen LogP contribution >= 0.6 is 11.6 Å². The fourth-order valence-electron chi connectivity index (χ4n) is 4.24. The van der Waals surface area contributed by atoms with Gasteiger partial charge in [-0.15, -0.1) is 0 Å². The summed E-state index contributed by atoms with van der Waals surface area (Å²) >= 11 is 5.82. The van der Waals surface area contributed by atoms with Gasteiger partial charge in [0.15, 0.2) is 11.5 Å². The lowest BCUT2D eigenvalue weighted by atomic mass is 9.89. The molecule has 9 heteroatoms. The number of nitrogens with zero attached hydrogens (tertiary/aromatic N) is 2. The van der Waals surface area contributed by atoms with Crippen molar-refractivity contribution in [2.45, 2.75) is 25.2 Å². The fourth-order valence-corrected chi connectivity index (χ4v) is 4.39. The Balaban J connectivity index is 1.29. The van der Waals surface area contributed by atoms with Gasteiger partial charge in [0.1, 0.15) is 5.15 Å². The first-order valence-corrected chi connectivity index (χ1v) is 11.9. The van der Waals surface area contributed by atoms with Crippen molar-refractivity contribution in [3.05, 3.63) is 94.0 Å². The van der Waals surface area contributed by atoms with Crippen LogP contribution in [-0.2, 0) is 16.0 Å². The SMILES string of the molecule is COC(=O)c1ccc(CC(=O)Nc2ccc(C3CCN(C(=O)c4nc(Cl)ccc4F)CC3)cc2)cc1. The zero-order chi connectivity index (χ0) is 25.7. The number of carbonyl (C=O) groups is 3. The van der Waals surface area contributed by atoms with E-state index in [2.05, 4.69) is 15.0 Å². The van der Waals surface area contributed by atoms with Gasteiger partial charge in [0, 0.05) is 18.8 Å². The number of benzene rings is 2. The number of esters is 1. The van der Waals surface area contributed by atoms with Crippen LogP contribution in [-0.4, -0.2) is 47.9 Å². The lowest BCUT2D eigenvalue weighted by molar-refractivity contribution is -0.115. The Morgan fingerprint density at radius 2 is 1.69 bits per heavy atom. The van der Waals surface area contributed by atoms with Gasteiger partial charge in [-0.25, -0.2) is 14.2 Å². The molecule has 1 N–H and O–H groups in total. The predicted octanol–water partition coefficient (Wildman–Crippen LogP) is 4.86. The normalized spacial score (nSPS) is 13.8. The highest BCUT2D eigenvalue weighted by atomic mass is 35.5. The number of pyridine rings is 1. The number of rotatable bonds is 6. The van der Waals surface area contributed by atoms with E-state index in [-0.39, 0.29) is 29.1 Å². The summed E-state index contributed by atoms with van der Waals surface area (Å²) in [5.41, 5.74) is 2.77. The number of methoxy groups -OCH3 is 1. The molecule has 2 heterocycles. The van der Waals surface area contributed by atoms with E-state index < -0.39 is 17.7 Å². The van der Waals surface area contributed by atoms with E-state index in [4.69, 9.17) is 11.6 Å². The van der Waals surface area contributed by atoms with E-state index in [0.717, 1.165) is 30.0 Å². The monoisotopic (exact) mass is 509 g/mol. The van der Waals surface area contributed by atoms with Crippen LogP contribution in [0.3, 0.4) is 0 Å². The predicted molar refractivity (Wildman–Crippen MR) is 134 cm³/mol. The van der Waals surface area contributed by atoms with E-state index in [1.165, 1.54) is 13.2 Å². The molecule has 2 aromatic carbocycles. The first-order valence-electron chi connectivity index (χ1n) is 11.5. The third-order valence-electron chi connectivity index (χ3n) is 6.20. The summed E-state index contributed by atoms with van der Waals surface area (Å²) in [6.07, 6.45) is 1.65. The number of aromatic nitrogens is 1. The molecule has 1 aliphatic heterocycles. The zero-order valence-electron chi connectivity index (χ0n) is 19.7. The molecule has 0 radical (unpaired) electrons. The standard InChI is InChI=1S/C27H25ClFN3O4/c1-36-27(35)20-4-2-17(3-5-20)16-24(33)30-21-8-6-18(7-9-21)19-12-14-32(15-13-19)26(34)25-22(29)10-11-23(28)31-25/h2-11,19H,12-16H2,1H3,(H,30,33). The van der Waals surface area contributed by atoms with Crippen LogP contribution in [0.15, 0.2) is 60.7 Å². The minimum atomic E-state index is -0.678. The molecule has 0 unspecified atom stereocenters. The molecular weight excluding hydrogens is 485 g/mol. The van der Waals surface area contributed by atoms with Crippen molar-refractivity contribution in [3.8, 4) is 0 Å². The topological polar surface area (TPSA) is 88.6 Å². The van der Waals surface area contributed by atoms with Crippen LogP contribution in [0.5, 0.6) is 0 Å². The van der Waals surface area contributed by atoms with Crippen molar-refractivity contribution in [2.75, 3.05) is 25.5 Å². The van der Waals surface area contributed by atoms with Crippen molar-refractivity contribution >= 4 is 35.1 Å². The third kappa shape index (κ3) is 6.07. The molecule has 1 saturated heterocycles. The number of hydrogen-bond acceptors (Lipinski definition) is 5. The molecule has 1 aliphatic rings. The molecule has 4 rings (SSSR count). The summed E-state index contributed by atoms with van der Waals surface area (Å²) in [5, 5.41) is 2.96. The Morgan fingerprint density at radius 1 is 1.03 bits per heavy atom. The second kappa shape index (κ2) is 11.3. The van der Waals surface area contributed by atoms with E-state index in [0.29, 0.717) is 24.3 Å². The Bertz CT molecular complexity index is 1260. The lowest BCUT2D eigenvalue weighted by Crippen LogP contribution is -2.38. The van der Waals surface area contributed by atoms with Gasteiger partial charge < -0.3 is 15.0 Å². The van der Waals surface area contributed by atoms with Crippen LogP contribution in [0.25, 0.3) is 0 Å². The van der Waals surface area contributed by atoms with Gasteiger partial charge in [0.05, 0.1) is 19.1 Å². The molecule has 0 bridgehead atoms. The maximum Gasteiger partial charge on any atom is 0.337 e. The van der Waals surface area contributed by atoms with E-state index in [1.807, 2.05) is 24.3 Å². The van der Waals surface area contributed by atoms with Crippen LogP contribution in [0.1, 0.15) is 50.7 Å². The average Bonchev–Trinajstić information content (AvgIpc) is 2.90. The van der Waals surface area contributed by atoms with Crippen molar-refractivity contribution in [3.63, 3.8) is 0 Å². The smallest absolute Gasteiger partial charge is 0.337 e. The number of anilines is 1. The molecule has 0 atom stereocenters. The van der Waals surface area contributed by atoms with Gasteiger partial charge in [-0.3, -0.25) is 9.59 Å². The summed E-state index contributed by atoms with van der Waals surface area (Å²) in [6, 6.07) is 16.8. The molecule has 1 fully saturated rings. The number of piperidine rings is 1. The Hall–Kier alpha value is -3.78. The number of halogens is 2. The highest BCUT2D eigenvalue weighted by Crippen LogP contribution is 2.29. The van der Waals surface area contributed by atoms with E-state index in [1.54, 1.807) is 29.2 Å². The van der Waals surface area contributed by atoms with Crippen molar-refractivity contribution in [1.82, 2.24) is 9.88 Å². The third-order valence-corrected chi connectivity index (χ3v) is 6.41. The number of nitrogens with one attached hydrogen (secondary N) is 1. The van der Waals surface area contributed by atoms with Gasteiger partial charge in [0.25, 0.3) is 5.91 Å². The number of likely N-dealkylation sites (tertiary alicyclic amines) is 1. The van der Waals surface area contributed by atoms with E-state index in [9.17, 15) is 18.8 Å².